The van der Waals surface area contributed by atoms with Crippen LogP contribution in [0.5, 0.6) is 5.75 Å². The van der Waals surface area contributed by atoms with Crippen LogP contribution in [0.4, 0.5) is 0 Å². The second-order valence-corrected chi connectivity index (χ2v) is 8.45. The number of thioether (sulfide) groups is 1. The van der Waals surface area contributed by atoms with Gasteiger partial charge in [-0.2, -0.15) is 5.10 Å². The summed E-state index contributed by atoms with van der Waals surface area (Å²) in [6, 6.07) is 18.5. The first-order valence-corrected chi connectivity index (χ1v) is 11.9. The highest BCUT2D eigenvalue weighted by molar-refractivity contribution is 7.99. The molecule has 2 aromatic carbocycles. The van der Waals surface area contributed by atoms with E-state index >= 15 is 0 Å². The number of carbonyl (C=O) groups is 1. The lowest BCUT2D eigenvalue weighted by molar-refractivity contribution is -0.118. The Balaban J connectivity index is 1.56. The zero-order chi connectivity index (χ0) is 23.9. The Morgan fingerprint density at radius 2 is 1.91 bits per heavy atom. The standard InChI is InChI=1S/C24H22ClN5O3S/c1-3-32-20-12-10-19(11-13-20)30-23(17-6-8-18(25)9-7-17)28-29-24(30)34-15-22(31)27-26-16(2)21-5-4-14-33-21/h4-14H,3,15H2,1-2H3,(H,27,31)/b26-16-. The molecule has 0 radical (unpaired) electrons. The average molecular weight is 496 g/mol. The fourth-order valence-corrected chi connectivity index (χ4v) is 3.96. The Morgan fingerprint density at radius 3 is 2.59 bits per heavy atom. The van der Waals surface area contributed by atoms with Crippen molar-refractivity contribution in [3.63, 3.8) is 0 Å². The molecular formula is C24H22ClN5O3S. The number of carbonyl (C=O) groups excluding carboxylic acids is 1. The summed E-state index contributed by atoms with van der Waals surface area (Å²) in [5, 5.41) is 14.0. The molecule has 8 nitrogen and oxygen atoms in total. The summed E-state index contributed by atoms with van der Waals surface area (Å²) in [6.07, 6.45) is 1.55. The largest absolute Gasteiger partial charge is 0.494 e. The third-order valence-corrected chi connectivity index (χ3v) is 5.88. The summed E-state index contributed by atoms with van der Waals surface area (Å²) in [4.78, 5) is 12.4. The van der Waals surface area contributed by atoms with Gasteiger partial charge in [0.15, 0.2) is 11.0 Å². The van der Waals surface area contributed by atoms with Crippen molar-refractivity contribution in [2.24, 2.45) is 5.10 Å². The van der Waals surface area contributed by atoms with Crippen LogP contribution in [-0.2, 0) is 4.79 Å². The minimum absolute atomic E-state index is 0.102. The average Bonchev–Trinajstić information content (AvgIpc) is 3.53. The van der Waals surface area contributed by atoms with Crippen molar-refractivity contribution >= 4 is 35.0 Å². The maximum atomic E-state index is 12.4. The van der Waals surface area contributed by atoms with Gasteiger partial charge in [-0.05, 0) is 74.5 Å². The molecule has 0 unspecified atom stereocenters. The Labute approximate surface area is 206 Å². The minimum atomic E-state index is -0.273. The van der Waals surface area contributed by atoms with Crippen LogP contribution in [0.25, 0.3) is 17.1 Å². The van der Waals surface area contributed by atoms with E-state index in [9.17, 15) is 4.79 Å². The number of hydrazone groups is 1. The number of ether oxygens (including phenoxy) is 1. The van der Waals surface area contributed by atoms with E-state index in [0.717, 1.165) is 17.0 Å². The van der Waals surface area contributed by atoms with Crippen LogP contribution < -0.4 is 10.2 Å². The van der Waals surface area contributed by atoms with Gasteiger partial charge < -0.3 is 9.15 Å². The van der Waals surface area contributed by atoms with E-state index in [-0.39, 0.29) is 11.7 Å². The third-order valence-electron chi connectivity index (χ3n) is 4.70. The van der Waals surface area contributed by atoms with E-state index in [1.165, 1.54) is 11.8 Å². The van der Waals surface area contributed by atoms with Gasteiger partial charge in [-0.3, -0.25) is 9.36 Å². The van der Waals surface area contributed by atoms with Gasteiger partial charge >= 0.3 is 0 Å². The van der Waals surface area contributed by atoms with Crippen molar-refractivity contribution in [1.29, 1.82) is 0 Å². The number of rotatable bonds is 9. The number of hydrogen-bond acceptors (Lipinski definition) is 7. The fourth-order valence-electron chi connectivity index (χ4n) is 3.09. The highest BCUT2D eigenvalue weighted by Crippen LogP contribution is 2.29. The van der Waals surface area contributed by atoms with Crippen LogP contribution in [0.3, 0.4) is 0 Å². The molecule has 0 atom stereocenters. The van der Waals surface area contributed by atoms with Crippen molar-refractivity contribution in [1.82, 2.24) is 20.2 Å². The zero-order valence-electron chi connectivity index (χ0n) is 18.6. The second kappa shape index (κ2) is 11.0. The number of furan rings is 1. The third kappa shape index (κ3) is 5.67. The van der Waals surface area contributed by atoms with Crippen LogP contribution in [0.2, 0.25) is 5.02 Å². The lowest BCUT2D eigenvalue weighted by Crippen LogP contribution is -2.21. The predicted molar refractivity (Wildman–Crippen MR) is 133 cm³/mol. The molecule has 0 spiro atoms. The lowest BCUT2D eigenvalue weighted by atomic mass is 10.2. The van der Waals surface area contributed by atoms with Gasteiger partial charge in [-0.15, -0.1) is 10.2 Å². The SMILES string of the molecule is CCOc1ccc(-n2c(SCC(=O)N/N=C(/C)c3ccco3)nnc2-c2ccc(Cl)cc2)cc1. The second-order valence-electron chi connectivity index (χ2n) is 7.07. The molecule has 0 saturated carbocycles. The molecule has 0 bridgehead atoms. The normalized spacial score (nSPS) is 11.4. The Hall–Kier alpha value is -3.56. The van der Waals surface area contributed by atoms with Crippen molar-refractivity contribution in [3.05, 3.63) is 77.7 Å². The molecule has 1 amide bonds. The summed E-state index contributed by atoms with van der Waals surface area (Å²) in [5.74, 6) is 1.83. The first-order valence-electron chi connectivity index (χ1n) is 10.5. The van der Waals surface area contributed by atoms with Gasteiger partial charge in [0.2, 0.25) is 0 Å². The van der Waals surface area contributed by atoms with Crippen LogP contribution in [0, 0.1) is 0 Å². The zero-order valence-corrected chi connectivity index (χ0v) is 20.1. The Bertz CT molecular complexity index is 1270. The predicted octanol–water partition coefficient (Wildman–Crippen LogP) is 5.21. The van der Waals surface area contributed by atoms with E-state index in [1.54, 1.807) is 37.5 Å². The van der Waals surface area contributed by atoms with Gasteiger partial charge in [0.05, 0.1) is 18.6 Å². The maximum Gasteiger partial charge on any atom is 0.250 e. The van der Waals surface area contributed by atoms with Gasteiger partial charge in [0.25, 0.3) is 5.91 Å². The number of halogens is 1. The van der Waals surface area contributed by atoms with E-state index in [1.807, 2.05) is 47.9 Å². The van der Waals surface area contributed by atoms with Crippen LogP contribution in [-0.4, -0.2) is 38.7 Å². The summed E-state index contributed by atoms with van der Waals surface area (Å²) < 4.78 is 12.7. The molecule has 2 aromatic heterocycles. The molecule has 0 aliphatic rings. The maximum absolute atomic E-state index is 12.4. The first-order chi connectivity index (χ1) is 16.5. The van der Waals surface area contributed by atoms with Crippen molar-refractivity contribution in [2.75, 3.05) is 12.4 Å². The van der Waals surface area contributed by atoms with Crippen LogP contribution in [0.1, 0.15) is 19.6 Å². The molecule has 0 aliphatic heterocycles. The summed E-state index contributed by atoms with van der Waals surface area (Å²) in [7, 11) is 0. The quantitative estimate of drug-likeness (QED) is 0.194. The van der Waals surface area contributed by atoms with Gasteiger partial charge in [-0.25, -0.2) is 5.43 Å². The van der Waals surface area contributed by atoms with E-state index in [2.05, 4.69) is 20.7 Å². The number of benzene rings is 2. The molecule has 2 heterocycles. The highest BCUT2D eigenvalue weighted by atomic mass is 35.5. The molecule has 174 valence electrons. The van der Waals surface area contributed by atoms with E-state index in [0.29, 0.717) is 34.1 Å². The molecule has 10 heteroatoms. The van der Waals surface area contributed by atoms with E-state index in [4.69, 9.17) is 20.8 Å². The van der Waals surface area contributed by atoms with Gasteiger partial charge in [0, 0.05) is 16.3 Å². The van der Waals surface area contributed by atoms with E-state index < -0.39 is 0 Å². The first kappa shape index (κ1) is 23.6. The topological polar surface area (TPSA) is 94.5 Å². The highest BCUT2D eigenvalue weighted by Gasteiger charge is 2.17. The van der Waals surface area contributed by atoms with Crippen molar-refractivity contribution in [3.8, 4) is 22.8 Å². The molecule has 0 aliphatic carbocycles. The molecule has 1 N–H and O–H groups in total. The summed E-state index contributed by atoms with van der Waals surface area (Å²) in [6.45, 7) is 4.28. The number of amides is 1. The Morgan fingerprint density at radius 1 is 1.15 bits per heavy atom. The molecule has 4 rings (SSSR count). The number of nitrogens with one attached hydrogen (secondary N) is 1. The summed E-state index contributed by atoms with van der Waals surface area (Å²) in [5.41, 5.74) is 4.81. The molecule has 4 aromatic rings. The monoisotopic (exact) mass is 495 g/mol. The van der Waals surface area contributed by atoms with Crippen LogP contribution >= 0.6 is 23.4 Å². The number of hydrogen-bond donors (Lipinski definition) is 1. The number of aromatic nitrogens is 3. The van der Waals surface area contributed by atoms with Gasteiger partial charge in [-0.1, -0.05) is 23.4 Å². The van der Waals surface area contributed by atoms with Crippen LogP contribution in [0.15, 0.2) is 81.6 Å². The summed E-state index contributed by atoms with van der Waals surface area (Å²) >= 11 is 7.32. The lowest BCUT2D eigenvalue weighted by Gasteiger charge is -2.11. The minimum Gasteiger partial charge on any atom is -0.494 e. The fraction of sp³-hybridized carbons (Fsp3) is 0.167. The Kier molecular flexibility index (Phi) is 7.66. The number of nitrogens with zero attached hydrogens (tertiary/aromatic N) is 4. The van der Waals surface area contributed by atoms with Crippen molar-refractivity contribution in [2.45, 2.75) is 19.0 Å². The molecule has 0 fully saturated rings. The van der Waals surface area contributed by atoms with Crippen molar-refractivity contribution < 1.29 is 13.9 Å². The molecule has 0 saturated heterocycles. The molecule has 34 heavy (non-hydrogen) atoms. The van der Waals surface area contributed by atoms with Gasteiger partial charge in [0.1, 0.15) is 17.2 Å². The smallest absolute Gasteiger partial charge is 0.250 e. The molecular weight excluding hydrogens is 474 g/mol.